The molecule has 1 amide bonds. The smallest absolute Gasteiger partial charge is 0.244 e. The van der Waals surface area contributed by atoms with Crippen LogP contribution in [-0.2, 0) is 17.8 Å². The molecule has 4 heterocycles. The Kier molecular flexibility index (Phi) is 5.07. The van der Waals surface area contributed by atoms with E-state index in [2.05, 4.69) is 20.4 Å². The SMILES string of the molecule is Cc1ncc(-c2cc3cc(Nc4cc5n(n4)CC(=O)N(C)CC5)ncc3c(N)c2F)c(C)c1N. The van der Waals surface area contributed by atoms with Gasteiger partial charge in [0, 0.05) is 60.7 Å². The Morgan fingerprint density at radius 1 is 1.03 bits per heavy atom. The average molecular weight is 461 g/mol. The Morgan fingerprint density at radius 2 is 1.82 bits per heavy atom. The molecule has 0 saturated carbocycles. The first-order chi connectivity index (χ1) is 16.2. The van der Waals surface area contributed by atoms with Crippen LogP contribution in [0.25, 0.3) is 21.9 Å². The number of nitrogens with two attached hydrogens (primary N) is 2. The summed E-state index contributed by atoms with van der Waals surface area (Å²) in [7, 11) is 1.79. The number of nitrogen functional groups attached to an aromatic ring is 2. The highest BCUT2D eigenvalue weighted by atomic mass is 19.1. The van der Waals surface area contributed by atoms with Crippen molar-refractivity contribution in [2.75, 3.05) is 30.4 Å². The zero-order valence-electron chi connectivity index (χ0n) is 19.2. The lowest BCUT2D eigenvalue weighted by Crippen LogP contribution is -2.29. The molecule has 0 radical (unpaired) electrons. The fourth-order valence-corrected chi connectivity index (χ4v) is 4.22. The van der Waals surface area contributed by atoms with Gasteiger partial charge in [-0.05, 0) is 36.9 Å². The Bertz CT molecular complexity index is 1460. The maximum atomic E-state index is 15.2. The van der Waals surface area contributed by atoms with Crippen molar-refractivity contribution in [3.8, 4) is 11.1 Å². The van der Waals surface area contributed by atoms with Gasteiger partial charge in [0.15, 0.2) is 11.6 Å². The van der Waals surface area contributed by atoms with Crippen molar-refractivity contribution in [3.05, 3.63) is 53.4 Å². The van der Waals surface area contributed by atoms with Crippen LogP contribution in [0.3, 0.4) is 0 Å². The van der Waals surface area contributed by atoms with E-state index in [1.165, 1.54) is 6.20 Å². The molecule has 174 valence electrons. The van der Waals surface area contributed by atoms with Gasteiger partial charge in [0.1, 0.15) is 12.4 Å². The lowest BCUT2D eigenvalue weighted by molar-refractivity contribution is -0.130. The minimum absolute atomic E-state index is 0.0152. The monoisotopic (exact) mass is 460 g/mol. The van der Waals surface area contributed by atoms with Crippen LogP contribution in [0.2, 0.25) is 0 Å². The molecular weight excluding hydrogens is 435 g/mol. The second-order valence-corrected chi connectivity index (χ2v) is 8.61. The van der Waals surface area contributed by atoms with Gasteiger partial charge in [0.2, 0.25) is 5.91 Å². The van der Waals surface area contributed by atoms with E-state index in [1.807, 2.05) is 19.9 Å². The molecule has 4 aromatic rings. The van der Waals surface area contributed by atoms with Crippen LogP contribution in [0.4, 0.5) is 27.4 Å². The molecule has 0 unspecified atom stereocenters. The fraction of sp³-hybridized carbons (Fsp3) is 0.250. The first-order valence-electron chi connectivity index (χ1n) is 10.9. The molecule has 0 bridgehead atoms. The number of halogens is 1. The maximum Gasteiger partial charge on any atom is 0.244 e. The molecule has 0 fully saturated rings. The summed E-state index contributed by atoms with van der Waals surface area (Å²) in [6.07, 6.45) is 3.87. The Morgan fingerprint density at radius 3 is 2.62 bits per heavy atom. The van der Waals surface area contributed by atoms with Gasteiger partial charge in [0.25, 0.3) is 0 Å². The van der Waals surface area contributed by atoms with Crippen molar-refractivity contribution in [3.63, 3.8) is 0 Å². The third-order valence-electron chi connectivity index (χ3n) is 6.41. The summed E-state index contributed by atoms with van der Waals surface area (Å²) in [5, 5.41) is 8.91. The van der Waals surface area contributed by atoms with E-state index in [0.29, 0.717) is 57.9 Å². The maximum absolute atomic E-state index is 15.2. The molecule has 1 aliphatic heterocycles. The molecular formula is C24H25FN8O. The molecule has 0 atom stereocenters. The molecule has 5 rings (SSSR count). The van der Waals surface area contributed by atoms with Crippen molar-refractivity contribution >= 4 is 39.7 Å². The van der Waals surface area contributed by atoms with Gasteiger partial charge in [0.05, 0.1) is 17.1 Å². The molecule has 9 nitrogen and oxygen atoms in total. The zero-order chi connectivity index (χ0) is 24.1. The van der Waals surface area contributed by atoms with E-state index >= 15 is 4.39 Å². The van der Waals surface area contributed by atoms with Crippen LogP contribution in [0, 0.1) is 19.7 Å². The van der Waals surface area contributed by atoms with E-state index in [9.17, 15) is 4.79 Å². The number of hydrogen-bond acceptors (Lipinski definition) is 7. The first-order valence-corrected chi connectivity index (χ1v) is 10.9. The molecule has 5 N–H and O–H groups in total. The standard InChI is InChI=1S/C24H25FN8O/c1-12-17(9-28-13(2)23(12)26)16-6-14-7-19(29-10-18(14)24(27)22(16)25)30-20-8-15-4-5-32(3)21(34)11-33(15)31-20/h6-10H,4-5,11,26-27H2,1-3H3,(H,29,30,31). The largest absolute Gasteiger partial charge is 0.397 e. The summed E-state index contributed by atoms with van der Waals surface area (Å²) in [6, 6.07) is 5.43. The summed E-state index contributed by atoms with van der Waals surface area (Å²) in [6.45, 7) is 4.49. The minimum Gasteiger partial charge on any atom is -0.397 e. The number of hydrogen-bond donors (Lipinski definition) is 3. The number of carbonyl (C=O) groups is 1. The summed E-state index contributed by atoms with van der Waals surface area (Å²) in [5.41, 5.74) is 16.1. The van der Waals surface area contributed by atoms with Gasteiger partial charge in [-0.3, -0.25) is 14.5 Å². The van der Waals surface area contributed by atoms with Crippen molar-refractivity contribution in [1.82, 2.24) is 24.6 Å². The lowest BCUT2D eigenvalue weighted by atomic mass is 9.96. The lowest BCUT2D eigenvalue weighted by Gasteiger charge is -2.14. The van der Waals surface area contributed by atoms with Crippen LogP contribution >= 0.6 is 0 Å². The molecule has 10 heteroatoms. The van der Waals surface area contributed by atoms with Crippen molar-refractivity contribution in [1.29, 1.82) is 0 Å². The molecule has 34 heavy (non-hydrogen) atoms. The second-order valence-electron chi connectivity index (χ2n) is 8.61. The van der Waals surface area contributed by atoms with Gasteiger partial charge in [-0.25, -0.2) is 9.37 Å². The minimum atomic E-state index is -0.532. The number of benzene rings is 1. The normalized spacial score (nSPS) is 13.8. The van der Waals surface area contributed by atoms with Crippen molar-refractivity contribution in [2.45, 2.75) is 26.8 Å². The molecule has 1 aromatic carbocycles. The number of nitrogens with zero attached hydrogens (tertiary/aromatic N) is 5. The third-order valence-corrected chi connectivity index (χ3v) is 6.41. The highest BCUT2D eigenvalue weighted by molar-refractivity contribution is 5.98. The highest BCUT2D eigenvalue weighted by Gasteiger charge is 2.20. The first kappa shape index (κ1) is 21.6. The molecule has 0 aliphatic carbocycles. The molecule has 0 saturated heterocycles. The predicted octanol–water partition coefficient (Wildman–Crippen LogP) is 3.17. The van der Waals surface area contributed by atoms with Crippen LogP contribution in [0.5, 0.6) is 0 Å². The number of amides is 1. The number of likely N-dealkylation sites (N-methyl/N-ethyl adjacent to an activating group) is 1. The zero-order valence-corrected chi connectivity index (χ0v) is 19.2. The van der Waals surface area contributed by atoms with Crippen LogP contribution in [-0.4, -0.2) is 44.1 Å². The summed E-state index contributed by atoms with van der Waals surface area (Å²) in [4.78, 5) is 22.5. The van der Waals surface area contributed by atoms with Crippen molar-refractivity contribution in [2.24, 2.45) is 0 Å². The van der Waals surface area contributed by atoms with E-state index < -0.39 is 5.82 Å². The Labute approximate surface area is 195 Å². The third kappa shape index (κ3) is 3.57. The summed E-state index contributed by atoms with van der Waals surface area (Å²) in [5.74, 6) is 0.597. The number of anilines is 4. The van der Waals surface area contributed by atoms with Gasteiger partial charge >= 0.3 is 0 Å². The number of aryl methyl sites for hydroxylation is 1. The fourth-order valence-electron chi connectivity index (χ4n) is 4.22. The van der Waals surface area contributed by atoms with Gasteiger partial charge in [-0.15, -0.1) is 0 Å². The van der Waals surface area contributed by atoms with Crippen LogP contribution in [0.15, 0.2) is 30.6 Å². The number of rotatable bonds is 3. The van der Waals surface area contributed by atoms with Gasteiger partial charge in [-0.2, -0.15) is 5.10 Å². The Hall–Kier alpha value is -4.21. The number of fused-ring (bicyclic) bond motifs is 2. The molecule has 0 spiro atoms. The number of nitrogens with one attached hydrogen (secondary N) is 1. The van der Waals surface area contributed by atoms with Gasteiger partial charge in [-0.1, -0.05) is 0 Å². The van der Waals surface area contributed by atoms with Crippen LogP contribution in [0.1, 0.15) is 17.0 Å². The van der Waals surface area contributed by atoms with E-state index in [1.54, 1.807) is 35.0 Å². The highest BCUT2D eigenvalue weighted by Crippen LogP contribution is 2.36. The number of pyridine rings is 2. The molecule has 3 aromatic heterocycles. The molecule has 1 aliphatic rings. The summed E-state index contributed by atoms with van der Waals surface area (Å²) < 4.78 is 16.9. The van der Waals surface area contributed by atoms with E-state index in [-0.39, 0.29) is 18.1 Å². The average Bonchev–Trinajstić information content (AvgIpc) is 3.13. The van der Waals surface area contributed by atoms with Crippen molar-refractivity contribution < 1.29 is 9.18 Å². The predicted molar refractivity (Wildman–Crippen MR) is 130 cm³/mol. The van der Waals surface area contributed by atoms with E-state index in [4.69, 9.17) is 11.5 Å². The summed E-state index contributed by atoms with van der Waals surface area (Å²) >= 11 is 0. The van der Waals surface area contributed by atoms with Crippen LogP contribution < -0.4 is 16.8 Å². The topological polar surface area (TPSA) is 128 Å². The number of aromatic nitrogens is 4. The van der Waals surface area contributed by atoms with Gasteiger partial charge < -0.3 is 21.7 Å². The quantitative estimate of drug-likeness (QED) is 0.401. The second kappa shape index (κ2) is 7.98. The number of carbonyl (C=O) groups excluding carboxylic acids is 1. The Balaban J connectivity index is 1.52. The van der Waals surface area contributed by atoms with E-state index in [0.717, 1.165) is 11.3 Å².